The minimum absolute atomic E-state index is 0.0431. The number of urea groups is 1. The molecule has 0 spiro atoms. The highest BCUT2D eigenvalue weighted by Crippen LogP contribution is 2.27. The molecule has 7 nitrogen and oxygen atoms in total. The molecule has 10 heteroatoms. The maximum Gasteiger partial charge on any atom is 0.422 e. The third-order valence-electron chi connectivity index (χ3n) is 4.02. The van der Waals surface area contributed by atoms with Crippen molar-refractivity contribution in [1.82, 2.24) is 15.5 Å². The quantitative estimate of drug-likeness (QED) is 0.676. The van der Waals surface area contributed by atoms with Crippen LogP contribution in [0.4, 0.5) is 18.0 Å². The summed E-state index contributed by atoms with van der Waals surface area (Å²) in [6, 6.07) is 6.17. The maximum atomic E-state index is 12.4. The Morgan fingerprint density at radius 2 is 1.87 bits per heavy atom. The molecule has 0 bridgehead atoms. The number of aryl methyl sites for hydroxylation is 2. The number of imide groups is 1. The van der Waals surface area contributed by atoms with Crippen LogP contribution in [0.15, 0.2) is 34.9 Å². The first-order valence-electron chi connectivity index (χ1n) is 9.12. The standard InChI is InChI=1S/C20H24F3N3O4/c1-13-7-15(8-14(2)18(13)30-12-20(21,22)23)10-26(3)11-17(27)25-19(28)24-9-16-5-4-6-29-16/h4-8H,9-12H2,1-3H3,(H2,24,25,27,28). The third kappa shape index (κ3) is 7.78. The third-order valence-corrected chi connectivity index (χ3v) is 4.02. The van der Waals surface area contributed by atoms with Crippen LogP contribution in [0.3, 0.4) is 0 Å². The molecule has 0 aliphatic heterocycles. The van der Waals surface area contributed by atoms with Gasteiger partial charge in [0.05, 0.1) is 19.4 Å². The van der Waals surface area contributed by atoms with Gasteiger partial charge in [0.1, 0.15) is 11.5 Å². The lowest BCUT2D eigenvalue weighted by Crippen LogP contribution is -2.43. The number of likely N-dealkylation sites (N-methyl/N-ethyl adjacent to an activating group) is 1. The zero-order chi connectivity index (χ0) is 22.3. The van der Waals surface area contributed by atoms with E-state index in [0.717, 1.165) is 5.56 Å². The van der Waals surface area contributed by atoms with Crippen molar-refractivity contribution in [2.24, 2.45) is 0 Å². The molecular weight excluding hydrogens is 403 g/mol. The number of benzene rings is 1. The predicted molar refractivity (Wildman–Crippen MR) is 103 cm³/mol. The highest BCUT2D eigenvalue weighted by molar-refractivity contribution is 5.95. The summed E-state index contributed by atoms with van der Waals surface area (Å²) in [6.07, 6.45) is -2.93. The SMILES string of the molecule is Cc1cc(CN(C)CC(=O)NC(=O)NCc2ccco2)cc(C)c1OCC(F)(F)F. The van der Waals surface area contributed by atoms with Crippen LogP contribution in [0.25, 0.3) is 0 Å². The molecule has 0 aliphatic carbocycles. The van der Waals surface area contributed by atoms with Crippen LogP contribution in [0.1, 0.15) is 22.5 Å². The van der Waals surface area contributed by atoms with Crippen molar-refractivity contribution < 1.29 is 31.9 Å². The van der Waals surface area contributed by atoms with Gasteiger partial charge in [-0.05, 0) is 49.7 Å². The van der Waals surface area contributed by atoms with Gasteiger partial charge in [-0.15, -0.1) is 0 Å². The maximum absolute atomic E-state index is 12.4. The van der Waals surface area contributed by atoms with E-state index in [0.29, 0.717) is 23.4 Å². The smallest absolute Gasteiger partial charge is 0.422 e. The molecule has 2 aromatic rings. The Hall–Kier alpha value is -3.01. The molecule has 0 unspecified atom stereocenters. The summed E-state index contributed by atoms with van der Waals surface area (Å²) < 4.78 is 47.1. The Bertz CT molecular complexity index is 844. The van der Waals surface area contributed by atoms with Crippen LogP contribution in [0.2, 0.25) is 0 Å². The average molecular weight is 427 g/mol. The Morgan fingerprint density at radius 1 is 1.20 bits per heavy atom. The largest absolute Gasteiger partial charge is 0.484 e. The van der Waals surface area contributed by atoms with Crippen molar-refractivity contribution in [3.05, 3.63) is 53.0 Å². The summed E-state index contributed by atoms with van der Waals surface area (Å²) in [5, 5.41) is 4.73. The molecule has 3 amide bonds. The van der Waals surface area contributed by atoms with Crippen LogP contribution in [0, 0.1) is 13.8 Å². The molecule has 0 atom stereocenters. The van der Waals surface area contributed by atoms with Crippen molar-refractivity contribution in [3.8, 4) is 5.75 Å². The van der Waals surface area contributed by atoms with Gasteiger partial charge in [-0.25, -0.2) is 4.79 Å². The number of nitrogens with one attached hydrogen (secondary N) is 2. The highest BCUT2D eigenvalue weighted by atomic mass is 19.4. The first-order chi connectivity index (χ1) is 14.0. The molecule has 0 saturated heterocycles. The van der Waals surface area contributed by atoms with E-state index < -0.39 is 24.7 Å². The van der Waals surface area contributed by atoms with Crippen molar-refractivity contribution in [2.75, 3.05) is 20.2 Å². The summed E-state index contributed by atoms with van der Waals surface area (Å²) in [7, 11) is 1.69. The van der Waals surface area contributed by atoms with Crippen molar-refractivity contribution in [2.45, 2.75) is 33.1 Å². The number of hydrogen-bond donors (Lipinski definition) is 2. The van der Waals surface area contributed by atoms with Gasteiger partial charge in [0, 0.05) is 6.54 Å². The summed E-state index contributed by atoms with van der Waals surface area (Å²) in [5.74, 6) is 0.265. The van der Waals surface area contributed by atoms with Gasteiger partial charge in [-0.3, -0.25) is 15.0 Å². The summed E-state index contributed by atoms with van der Waals surface area (Å²) in [6.45, 7) is 2.46. The normalized spacial score (nSPS) is 11.4. The minimum atomic E-state index is -4.41. The second-order valence-electron chi connectivity index (χ2n) is 6.95. The van der Waals surface area contributed by atoms with Crippen LogP contribution in [-0.2, 0) is 17.9 Å². The van der Waals surface area contributed by atoms with E-state index in [4.69, 9.17) is 9.15 Å². The van der Waals surface area contributed by atoms with Gasteiger partial charge in [0.25, 0.3) is 0 Å². The van der Waals surface area contributed by atoms with E-state index in [1.165, 1.54) is 6.26 Å². The molecule has 0 radical (unpaired) electrons. The van der Waals surface area contributed by atoms with Crippen LogP contribution in [-0.4, -0.2) is 43.2 Å². The number of amides is 3. The molecule has 30 heavy (non-hydrogen) atoms. The number of carbonyl (C=O) groups excluding carboxylic acids is 2. The van der Waals surface area contributed by atoms with Gasteiger partial charge in [0.15, 0.2) is 6.61 Å². The minimum Gasteiger partial charge on any atom is -0.484 e. The molecule has 2 rings (SSSR count). The van der Waals surface area contributed by atoms with Crippen LogP contribution in [0.5, 0.6) is 5.75 Å². The molecule has 0 saturated carbocycles. The Morgan fingerprint density at radius 3 is 2.43 bits per heavy atom. The fourth-order valence-corrected chi connectivity index (χ4v) is 2.92. The highest BCUT2D eigenvalue weighted by Gasteiger charge is 2.29. The van der Waals surface area contributed by atoms with E-state index >= 15 is 0 Å². The monoisotopic (exact) mass is 427 g/mol. The number of alkyl halides is 3. The van der Waals surface area contributed by atoms with E-state index in [1.807, 2.05) is 0 Å². The number of hydrogen-bond acceptors (Lipinski definition) is 5. The van der Waals surface area contributed by atoms with Crippen molar-refractivity contribution in [1.29, 1.82) is 0 Å². The lowest BCUT2D eigenvalue weighted by Gasteiger charge is -2.19. The van der Waals surface area contributed by atoms with E-state index in [-0.39, 0.29) is 18.8 Å². The van der Waals surface area contributed by atoms with Crippen molar-refractivity contribution in [3.63, 3.8) is 0 Å². The molecule has 1 aromatic heterocycles. The number of rotatable bonds is 8. The summed E-state index contributed by atoms with van der Waals surface area (Å²) in [4.78, 5) is 25.4. The topological polar surface area (TPSA) is 83.8 Å². The molecule has 1 aromatic carbocycles. The molecule has 1 heterocycles. The number of halogens is 3. The van der Waals surface area contributed by atoms with Gasteiger partial charge < -0.3 is 14.5 Å². The number of nitrogens with zero attached hydrogens (tertiary/aromatic N) is 1. The Kier molecular flexibility index (Phi) is 7.87. The molecule has 0 aliphatic rings. The summed E-state index contributed by atoms with van der Waals surface area (Å²) >= 11 is 0. The lowest BCUT2D eigenvalue weighted by molar-refractivity contribution is -0.153. The van der Waals surface area contributed by atoms with Gasteiger partial charge in [-0.1, -0.05) is 12.1 Å². The predicted octanol–water partition coefficient (Wildman–Crippen LogP) is 3.30. The molecule has 164 valence electrons. The van der Waals surface area contributed by atoms with Gasteiger partial charge in [0.2, 0.25) is 5.91 Å². The second-order valence-corrected chi connectivity index (χ2v) is 6.95. The number of furan rings is 1. The molecule has 0 fully saturated rings. The molecular formula is C20H24F3N3O4. The number of ether oxygens (including phenoxy) is 1. The average Bonchev–Trinajstić information content (AvgIpc) is 3.11. The second kappa shape index (κ2) is 10.1. The summed E-state index contributed by atoms with van der Waals surface area (Å²) in [5.41, 5.74) is 1.95. The van der Waals surface area contributed by atoms with Crippen molar-refractivity contribution >= 4 is 11.9 Å². The zero-order valence-corrected chi connectivity index (χ0v) is 16.9. The van der Waals surface area contributed by atoms with E-state index in [9.17, 15) is 22.8 Å². The van der Waals surface area contributed by atoms with E-state index in [1.54, 1.807) is 50.1 Å². The molecule has 2 N–H and O–H groups in total. The Labute approximate surface area is 172 Å². The first kappa shape index (κ1) is 23.3. The van der Waals surface area contributed by atoms with Crippen LogP contribution >= 0.6 is 0 Å². The Balaban J connectivity index is 1.83. The van der Waals surface area contributed by atoms with Gasteiger partial charge >= 0.3 is 12.2 Å². The zero-order valence-electron chi connectivity index (χ0n) is 16.9. The van der Waals surface area contributed by atoms with E-state index in [2.05, 4.69) is 10.6 Å². The van der Waals surface area contributed by atoms with Crippen LogP contribution < -0.4 is 15.4 Å². The first-order valence-corrected chi connectivity index (χ1v) is 9.12. The lowest BCUT2D eigenvalue weighted by atomic mass is 10.1. The fourth-order valence-electron chi connectivity index (χ4n) is 2.92. The van der Waals surface area contributed by atoms with Gasteiger partial charge in [-0.2, -0.15) is 13.2 Å². The number of carbonyl (C=O) groups is 2. The fraction of sp³-hybridized carbons (Fsp3) is 0.400.